The zero-order valence-electron chi connectivity index (χ0n) is 15.6. The summed E-state index contributed by atoms with van der Waals surface area (Å²) in [5, 5.41) is 0. The average Bonchev–Trinajstić information content (AvgIpc) is 2.96. The molecule has 1 unspecified atom stereocenters. The normalized spacial score (nSPS) is 21.9. The first-order chi connectivity index (χ1) is 12.2. The maximum absolute atomic E-state index is 12.7. The Morgan fingerprint density at radius 3 is 2.58 bits per heavy atom. The minimum Gasteiger partial charge on any atom is -0.444 e. The summed E-state index contributed by atoms with van der Waals surface area (Å²) in [6, 6.07) is 5.92. The number of amides is 1. The van der Waals surface area contributed by atoms with E-state index in [2.05, 4.69) is 22.0 Å². The van der Waals surface area contributed by atoms with E-state index in [0.29, 0.717) is 12.3 Å². The van der Waals surface area contributed by atoms with Gasteiger partial charge in [0.2, 0.25) is 0 Å². The van der Waals surface area contributed by atoms with Crippen LogP contribution in [0.2, 0.25) is 0 Å². The van der Waals surface area contributed by atoms with Gasteiger partial charge in [0.05, 0.1) is 12.6 Å². The standard InChI is InChI=1S/C20H26BrNO4/c1-20(2,3)26-19(24)22-12-15(23)11-18(22)17-10-14(21)4-5-16(17)13-6-8-25-9-7-13/h4-5,10,13,18H,6-9,11-12H2,1-3H3. The highest BCUT2D eigenvalue weighted by Gasteiger charge is 2.39. The Bertz CT molecular complexity index is 692. The van der Waals surface area contributed by atoms with E-state index in [-0.39, 0.29) is 18.4 Å². The Hall–Kier alpha value is -1.40. The topological polar surface area (TPSA) is 55.8 Å². The van der Waals surface area contributed by atoms with E-state index < -0.39 is 11.7 Å². The molecule has 2 saturated heterocycles. The van der Waals surface area contributed by atoms with Crippen molar-refractivity contribution in [2.75, 3.05) is 19.8 Å². The molecule has 2 fully saturated rings. The van der Waals surface area contributed by atoms with Crippen molar-refractivity contribution in [2.45, 2.75) is 57.6 Å². The molecule has 3 rings (SSSR count). The first-order valence-electron chi connectivity index (χ1n) is 9.13. The van der Waals surface area contributed by atoms with Crippen LogP contribution in [0.1, 0.15) is 63.1 Å². The molecule has 26 heavy (non-hydrogen) atoms. The Morgan fingerprint density at radius 1 is 1.23 bits per heavy atom. The summed E-state index contributed by atoms with van der Waals surface area (Å²) in [6.07, 6.45) is 1.83. The lowest BCUT2D eigenvalue weighted by Crippen LogP contribution is -2.37. The molecule has 0 saturated carbocycles. The summed E-state index contributed by atoms with van der Waals surface area (Å²) in [5.41, 5.74) is 1.67. The quantitative estimate of drug-likeness (QED) is 0.697. The Kier molecular flexibility index (Phi) is 5.72. The monoisotopic (exact) mass is 423 g/mol. The molecule has 5 nitrogen and oxygen atoms in total. The molecule has 142 valence electrons. The number of halogens is 1. The Labute approximate surface area is 163 Å². The fourth-order valence-corrected chi connectivity index (χ4v) is 4.07. The van der Waals surface area contributed by atoms with Crippen molar-refractivity contribution in [1.29, 1.82) is 0 Å². The number of ketones is 1. The molecule has 0 N–H and O–H groups in total. The van der Waals surface area contributed by atoms with Gasteiger partial charge in [-0.15, -0.1) is 0 Å². The van der Waals surface area contributed by atoms with Gasteiger partial charge in [0, 0.05) is 24.1 Å². The van der Waals surface area contributed by atoms with Crippen molar-refractivity contribution in [3.63, 3.8) is 0 Å². The number of ether oxygens (including phenoxy) is 2. The van der Waals surface area contributed by atoms with Crippen LogP contribution in [0.15, 0.2) is 22.7 Å². The van der Waals surface area contributed by atoms with Crippen LogP contribution in [0.5, 0.6) is 0 Å². The van der Waals surface area contributed by atoms with Crippen LogP contribution in [-0.4, -0.2) is 42.1 Å². The molecular formula is C20H26BrNO4. The molecular weight excluding hydrogens is 398 g/mol. The van der Waals surface area contributed by atoms with Gasteiger partial charge >= 0.3 is 6.09 Å². The lowest BCUT2D eigenvalue weighted by Gasteiger charge is -2.31. The van der Waals surface area contributed by atoms with Gasteiger partial charge in [0.25, 0.3) is 0 Å². The van der Waals surface area contributed by atoms with Crippen LogP contribution < -0.4 is 0 Å². The number of benzene rings is 1. The van der Waals surface area contributed by atoms with Gasteiger partial charge in [-0.25, -0.2) is 4.79 Å². The lowest BCUT2D eigenvalue weighted by atomic mass is 9.85. The van der Waals surface area contributed by atoms with Gasteiger partial charge in [-0.1, -0.05) is 22.0 Å². The highest BCUT2D eigenvalue weighted by molar-refractivity contribution is 9.10. The van der Waals surface area contributed by atoms with Crippen molar-refractivity contribution >= 4 is 27.8 Å². The predicted octanol–water partition coefficient (Wildman–Crippen LogP) is 4.59. The molecule has 1 aromatic carbocycles. The zero-order valence-corrected chi connectivity index (χ0v) is 17.2. The fraction of sp³-hybridized carbons (Fsp3) is 0.600. The Morgan fingerprint density at radius 2 is 1.92 bits per heavy atom. The highest BCUT2D eigenvalue weighted by atomic mass is 79.9. The average molecular weight is 424 g/mol. The van der Waals surface area contributed by atoms with Crippen LogP contribution >= 0.6 is 15.9 Å². The molecule has 0 spiro atoms. The zero-order chi connectivity index (χ0) is 18.9. The summed E-state index contributed by atoms with van der Waals surface area (Å²) in [4.78, 5) is 26.5. The maximum atomic E-state index is 12.7. The van der Waals surface area contributed by atoms with E-state index in [4.69, 9.17) is 9.47 Å². The molecule has 0 bridgehead atoms. The number of hydrogen-bond acceptors (Lipinski definition) is 4. The molecule has 1 atom stereocenters. The van der Waals surface area contributed by atoms with Crippen LogP contribution in [-0.2, 0) is 14.3 Å². The van der Waals surface area contributed by atoms with Crippen LogP contribution in [0, 0.1) is 0 Å². The van der Waals surface area contributed by atoms with Crippen molar-refractivity contribution in [3.8, 4) is 0 Å². The first-order valence-corrected chi connectivity index (χ1v) is 9.92. The van der Waals surface area contributed by atoms with E-state index in [1.54, 1.807) is 4.90 Å². The molecule has 2 aliphatic heterocycles. The Balaban J connectivity index is 1.93. The largest absolute Gasteiger partial charge is 0.444 e. The molecule has 1 amide bonds. The van der Waals surface area contributed by atoms with E-state index >= 15 is 0 Å². The van der Waals surface area contributed by atoms with E-state index in [0.717, 1.165) is 36.1 Å². The van der Waals surface area contributed by atoms with Crippen molar-refractivity contribution in [1.82, 2.24) is 4.90 Å². The number of Topliss-reactive ketones (excluding diaryl/α,β-unsaturated/α-hetero) is 1. The smallest absolute Gasteiger partial charge is 0.411 e. The van der Waals surface area contributed by atoms with Gasteiger partial charge < -0.3 is 9.47 Å². The van der Waals surface area contributed by atoms with Gasteiger partial charge in [-0.05, 0) is 62.8 Å². The molecule has 1 aromatic rings. The molecule has 2 heterocycles. The lowest BCUT2D eigenvalue weighted by molar-refractivity contribution is -0.117. The SMILES string of the molecule is CC(C)(C)OC(=O)N1CC(=O)CC1c1cc(Br)ccc1C1CCOCC1. The fourth-order valence-electron chi connectivity index (χ4n) is 3.70. The van der Waals surface area contributed by atoms with Crippen LogP contribution in [0.25, 0.3) is 0 Å². The predicted molar refractivity (Wildman–Crippen MR) is 102 cm³/mol. The molecule has 0 radical (unpaired) electrons. The number of rotatable bonds is 2. The summed E-state index contributed by atoms with van der Waals surface area (Å²) in [5.74, 6) is 0.460. The number of nitrogens with zero attached hydrogens (tertiary/aromatic N) is 1. The third-order valence-electron chi connectivity index (χ3n) is 4.84. The van der Waals surface area contributed by atoms with Gasteiger partial charge in [0.1, 0.15) is 5.60 Å². The second-order valence-electron chi connectivity index (χ2n) is 8.03. The van der Waals surface area contributed by atoms with Crippen molar-refractivity contribution in [2.24, 2.45) is 0 Å². The number of carbonyl (C=O) groups is 2. The second kappa shape index (κ2) is 7.69. The molecule has 0 aromatic heterocycles. The van der Waals surface area contributed by atoms with Crippen molar-refractivity contribution in [3.05, 3.63) is 33.8 Å². The molecule has 6 heteroatoms. The van der Waals surface area contributed by atoms with E-state index in [1.807, 2.05) is 32.9 Å². The van der Waals surface area contributed by atoms with Gasteiger partial charge in [0.15, 0.2) is 5.78 Å². The highest BCUT2D eigenvalue weighted by Crippen LogP contribution is 2.39. The summed E-state index contributed by atoms with van der Waals surface area (Å²) in [6.45, 7) is 7.12. The summed E-state index contributed by atoms with van der Waals surface area (Å²) in [7, 11) is 0. The molecule has 0 aliphatic carbocycles. The van der Waals surface area contributed by atoms with Crippen LogP contribution in [0.3, 0.4) is 0 Å². The van der Waals surface area contributed by atoms with Gasteiger partial charge in [-0.3, -0.25) is 9.69 Å². The number of carbonyl (C=O) groups excluding carboxylic acids is 2. The third kappa shape index (κ3) is 4.46. The van der Waals surface area contributed by atoms with Crippen LogP contribution in [0.4, 0.5) is 4.79 Å². The van der Waals surface area contributed by atoms with Crippen molar-refractivity contribution < 1.29 is 19.1 Å². The molecule has 2 aliphatic rings. The number of hydrogen-bond donors (Lipinski definition) is 0. The van der Waals surface area contributed by atoms with E-state index in [1.165, 1.54) is 5.56 Å². The van der Waals surface area contributed by atoms with Gasteiger partial charge in [-0.2, -0.15) is 0 Å². The summed E-state index contributed by atoms with van der Waals surface area (Å²) >= 11 is 3.54. The minimum absolute atomic E-state index is 0.0683. The minimum atomic E-state index is -0.589. The summed E-state index contributed by atoms with van der Waals surface area (Å²) < 4.78 is 12.0. The maximum Gasteiger partial charge on any atom is 0.411 e. The first kappa shape index (κ1) is 19.4. The second-order valence-corrected chi connectivity index (χ2v) is 8.94. The third-order valence-corrected chi connectivity index (χ3v) is 5.33. The van der Waals surface area contributed by atoms with E-state index in [9.17, 15) is 9.59 Å². The number of likely N-dealkylation sites (tertiary alicyclic amines) is 1.